The molecule has 0 aliphatic rings. The van der Waals surface area contributed by atoms with Crippen LogP contribution in [0.4, 0.5) is 11.4 Å². The second kappa shape index (κ2) is 13.1. The number of phenols is 1. The molecule has 0 saturated heterocycles. The van der Waals surface area contributed by atoms with E-state index in [1.54, 1.807) is 77.5 Å². The molecule has 2 amide bonds. The lowest BCUT2D eigenvalue weighted by molar-refractivity contribution is 0.101. The number of pyridine rings is 1. The maximum absolute atomic E-state index is 13.0. The summed E-state index contributed by atoms with van der Waals surface area (Å²) in [7, 11) is 3.90. The normalized spacial score (nSPS) is 10.6. The molecule has 202 valence electrons. The molecule has 0 unspecified atom stereocenters. The van der Waals surface area contributed by atoms with Crippen molar-refractivity contribution in [2.75, 3.05) is 31.3 Å². The summed E-state index contributed by atoms with van der Waals surface area (Å²) in [6, 6.07) is 21.1. The van der Waals surface area contributed by atoms with Gasteiger partial charge in [0.2, 0.25) is 0 Å². The van der Waals surface area contributed by atoms with Gasteiger partial charge in [0.15, 0.2) is 0 Å². The molecule has 3 aromatic carbocycles. The average Bonchev–Trinajstić information content (AvgIpc) is 2.90. The monoisotopic (exact) mass is 566 g/mol. The first-order chi connectivity index (χ1) is 18.2. The van der Waals surface area contributed by atoms with Crippen molar-refractivity contribution in [3.8, 4) is 16.9 Å². The van der Waals surface area contributed by atoms with Gasteiger partial charge in [-0.1, -0.05) is 29.8 Å². The lowest BCUT2D eigenvalue weighted by atomic mass is 10.0. The third-order valence-electron chi connectivity index (χ3n) is 5.90. The van der Waals surface area contributed by atoms with E-state index in [1.807, 2.05) is 25.1 Å². The fourth-order valence-electron chi connectivity index (χ4n) is 3.80. The van der Waals surface area contributed by atoms with E-state index in [9.17, 15) is 19.5 Å². The van der Waals surface area contributed by atoms with Gasteiger partial charge in [-0.2, -0.15) is 0 Å². The van der Waals surface area contributed by atoms with Gasteiger partial charge in [-0.3, -0.25) is 14.4 Å². The molecule has 4 rings (SSSR count). The molecule has 0 saturated carbocycles. The Kier molecular flexibility index (Phi) is 9.89. The van der Waals surface area contributed by atoms with Gasteiger partial charge in [0, 0.05) is 41.0 Å². The van der Waals surface area contributed by atoms with Crippen molar-refractivity contribution < 1.29 is 14.7 Å². The summed E-state index contributed by atoms with van der Waals surface area (Å²) in [5.41, 5.74) is 2.09. The van der Waals surface area contributed by atoms with Crippen LogP contribution in [0.25, 0.3) is 11.1 Å². The van der Waals surface area contributed by atoms with Crippen molar-refractivity contribution in [1.29, 1.82) is 0 Å². The Morgan fingerprint density at radius 1 is 0.872 bits per heavy atom. The molecule has 1 heterocycles. The number of para-hydroxylation sites is 1. The van der Waals surface area contributed by atoms with Crippen molar-refractivity contribution in [3.05, 3.63) is 112 Å². The van der Waals surface area contributed by atoms with Crippen LogP contribution in [0.15, 0.2) is 89.9 Å². The molecule has 0 bridgehead atoms. The van der Waals surface area contributed by atoms with Gasteiger partial charge in [-0.15, -0.1) is 12.4 Å². The molecule has 0 spiro atoms. The number of anilines is 2. The van der Waals surface area contributed by atoms with Crippen molar-refractivity contribution in [2.45, 2.75) is 6.54 Å². The number of hydrogen-bond donors (Lipinski definition) is 3. The summed E-state index contributed by atoms with van der Waals surface area (Å²) in [5, 5.41) is 16.3. The molecular formula is C29H28Cl2N4O4. The van der Waals surface area contributed by atoms with E-state index in [-0.39, 0.29) is 35.1 Å². The summed E-state index contributed by atoms with van der Waals surface area (Å²) in [5.74, 6) is -1.12. The average molecular weight is 567 g/mol. The first-order valence-corrected chi connectivity index (χ1v) is 12.3. The molecular weight excluding hydrogens is 539 g/mol. The standard InChI is InChI=1S/C29H27ClN4O4.ClH/c1-33(2)17-18-34-16-4-5-23(29(34)38)19-8-10-20(11-9-19)28(37)32-26-24(6-3-7-25(26)35)31-27(36)21-12-14-22(30)15-13-21;/h3-16,35H,17-18H2,1-2H3,(H,31,36)(H,32,37);1H. The van der Waals surface area contributed by atoms with Gasteiger partial charge in [-0.05, 0) is 80.3 Å². The van der Waals surface area contributed by atoms with Gasteiger partial charge in [0.1, 0.15) is 11.4 Å². The molecule has 0 aliphatic carbocycles. The van der Waals surface area contributed by atoms with Crippen LogP contribution in [0.3, 0.4) is 0 Å². The molecule has 1 aromatic heterocycles. The van der Waals surface area contributed by atoms with Crippen LogP contribution < -0.4 is 16.2 Å². The second-order valence-corrected chi connectivity index (χ2v) is 9.35. The number of halogens is 2. The number of aromatic nitrogens is 1. The molecule has 3 N–H and O–H groups in total. The van der Waals surface area contributed by atoms with Crippen molar-refractivity contribution >= 4 is 47.2 Å². The number of hydrogen-bond acceptors (Lipinski definition) is 5. The van der Waals surface area contributed by atoms with Gasteiger partial charge in [0.25, 0.3) is 17.4 Å². The number of benzene rings is 3. The molecule has 0 aliphatic heterocycles. The zero-order chi connectivity index (χ0) is 27.2. The van der Waals surface area contributed by atoms with Crippen LogP contribution in [-0.4, -0.2) is 47.0 Å². The van der Waals surface area contributed by atoms with Gasteiger partial charge >= 0.3 is 0 Å². The number of nitrogens with zero attached hydrogens (tertiary/aromatic N) is 2. The van der Waals surface area contributed by atoms with E-state index >= 15 is 0 Å². The third-order valence-corrected chi connectivity index (χ3v) is 6.15. The van der Waals surface area contributed by atoms with Crippen LogP contribution >= 0.6 is 24.0 Å². The van der Waals surface area contributed by atoms with E-state index in [2.05, 4.69) is 10.6 Å². The molecule has 10 heteroatoms. The van der Waals surface area contributed by atoms with Crippen LogP contribution in [0.1, 0.15) is 20.7 Å². The number of carbonyl (C=O) groups excluding carboxylic acids is 2. The summed E-state index contributed by atoms with van der Waals surface area (Å²) < 4.78 is 1.66. The van der Waals surface area contributed by atoms with Crippen molar-refractivity contribution in [3.63, 3.8) is 0 Å². The van der Waals surface area contributed by atoms with E-state index in [4.69, 9.17) is 11.6 Å². The van der Waals surface area contributed by atoms with E-state index in [0.717, 1.165) is 6.54 Å². The molecule has 8 nitrogen and oxygen atoms in total. The minimum Gasteiger partial charge on any atom is -0.506 e. The Bertz CT molecular complexity index is 1520. The van der Waals surface area contributed by atoms with Crippen LogP contribution in [0.2, 0.25) is 5.02 Å². The minimum atomic E-state index is -0.489. The van der Waals surface area contributed by atoms with E-state index in [1.165, 1.54) is 6.07 Å². The second-order valence-electron chi connectivity index (χ2n) is 8.92. The Balaban J connectivity index is 0.00000420. The first kappa shape index (κ1) is 29.4. The SMILES string of the molecule is CN(C)CCn1cccc(-c2ccc(C(=O)Nc3c(O)cccc3NC(=O)c3ccc(Cl)cc3)cc2)c1=O.Cl. The largest absolute Gasteiger partial charge is 0.506 e. The number of amides is 2. The summed E-state index contributed by atoms with van der Waals surface area (Å²) >= 11 is 5.89. The molecule has 4 aromatic rings. The highest BCUT2D eigenvalue weighted by atomic mass is 35.5. The van der Waals surface area contributed by atoms with Crippen LogP contribution in [-0.2, 0) is 6.54 Å². The Morgan fingerprint density at radius 3 is 2.13 bits per heavy atom. The number of likely N-dealkylation sites (N-methyl/N-ethyl adjacent to an activating group) is 1. The van der Waals surface area contributed by atoms with E-state index < -0.39 is 11.8 Å². The topological polar surface area (TPSA) is 104 Å². The van der Waals surface area contributed by atoms with E-state index in [0.29, 0.717) is 33.8 Å². The lowest BCUT2D eigenvalue weighted by Gasteiger charge is -2.14. The fraction of sp³-hybridized carbons (Fsp3) is 0.138. The first-order valence-electron chi connectivity index (χ1n) is 11.9. The highest BCUT2D eigenvalue weighted by molar-refractivity contribution is 6.30. The Morgan fingerprint density at radius 2 is 1.49 bits per heavy atom. The predicted octanol–water partition coefficient (Wildman–Crippen LogP) is 5.36. The van der Waals surface area contributed by atoms with Gasteiger partial charge < -0.3 is 25.2 Å². The summed E-state index contributed by atoms with van der Waals surface area (Å²) in [6.07, 6.45) is 1.76. The minimum absolute atomic E-state index is 0. The quantitative estimate of drug-likeness (QED) is 0.249. The zero-order valence-electron chi connectivity index (χ0n) is 21.3. The zero-order valence-corrected chi connectivity index (χ0v) is 22.9. The van der Waals surface area contributed by atoms with Crippen molar-refractivity contribution in [1.82, 2.24) is 9.47 Å². The van der Waals surface area contributed by atoms with Gasteiger partial charge in [-0.25, -0.2) is 0 Å². The number of aromatic hydroxyl groups is 1. The van der Waals surface area contributed by atoms with Crippen LogP contribution in [0.5, 0.6) is 5.75 Å². The highest BCUT2D eigenvalue weighted by Crippen LogP contribution is 2.32. The smallest absolute Gasteiger partial charge is 0.258 e. The molecule has 0 radical (unpaired) electrons. The lowest BCUT2D eigenvalue weighted by Crippen LogP contribution is -2.26. The van der Waals surface area contributed by atoms with Gasteiger partial charge in [0.05, 0.1) is 5.69 Å². The fourth-order valence-corrected chi connectivity index (χ4v) is 3.92. The van der Waals surface area contributed by atoms with Crippen molar-refractivity contribution in [2.24, 2.45) is 0 Å². The highest BCUT2D eigenvalue weighted by Gasteiger charge is 2.16. The predicted molar refractivity (Wildman–Crippen MR) is 157 cm³/mol. The number of rotatable bonds is 8. The number of carbonyl (C=O) groups is 2. The summed E-state index contributed by atoms with van der Waals surface area (Å²) in [6.45, 7) is 1.30. The Labute approximate surface area is 237 Å². The molecule has 0 atom stereocenters. The molecule has 0 fully saturated rings. The maximum atomic E-state index is 13.0. The maximum Gasteiger partial charge on any atom is 0.258 e. The summed E-state index contributed by atoms with van der Waals surface area (Å²) in [4.78, 5) is 40.6. The number of nitrogens with one attached hydrogen (secondary N) is 2. The number of phenolic OH excluding ortho intramolecular Hbond substituents is 1. The molecule has 39 heavy (non-hydrogen) atoms. The van der Waals surface area contributed by atoms with Crippen LogP contribution in [0, 0.1) is 0 Å². The third kappa shape index (κ3) is 7.26. The Hall–Kier alpha value is -4.11.